The Balaban J connectivity index is 0.00000308. The first-order chi connectivity index (χ1) is 18.2. The van der Waals surface area contributed by atoms with E-state index in [9.17, 15) is 5.11 Å². The summed E-state index contributed by atoms with van der Waals surface area (Å²) in [5.41, 5.74) is 9.56. The summed E-state index contributed by atoms with van der Waals surface area (Å²) in [6.07, 6.45) is 5.45. The second kappa shape index (κ2) is 10.1. The summed E-state index contributed by atoms with van der Waals surface area (Å²) >= 11 is 0. The minimum atomic E-state index is -0.0778. The molecule has 0 radical (unpaired) electrons. The van der Waals surface area contributed by atoms with Crippen molar-refractivity contribution < 1.29 is 30.6 Å². The zero-order chi connectivity index (χ0) is 26.6. The van der Waals surface area contributed by atoms with Crippen LogP contribution in [0.15, 0.2) is 77.6 Å². The van der Waals surface area contributed by atoms with Gasteiger partial charge in [0.2, 0.25) is 5.89 Å². The van der Waals surface area contributed by atoms with E-state index in [0.717, 1.165) is 44.3 Å². The Labute approximate surface area is 242 Å². The number of pyridine rings is 2. The summed E-state index contributed by atoms with van der Waals surface area (Å²) in [5.74, 6) is 0.523. The third-order valence-electron chi connectivity index (χ3n) is 7.08. The van der Waals surface area contributed by atoms with Gasteiger partial charge < -0.3 is 14.5 Å². The van der Waals surface area contributed by atoms with Gasteiger partial charge in [0, 0.05) is 32.8 Å². The number of fused-ring (bicyclic) bond motifs is 2. The average molecular weight is 694 g/mol. The quantitative estimate of drug-likeness (QED) is 0.189. The summed E-state index contributed by atoms with van der Waals surface area (Å²) in [4.78, 5) is 14.1. The van der Waals surface area contributed by atoms with Crippen LogP contribution in [0.5, 0.6) is 5.75 Å². The Kier molecular flexibility index (Phi) is 6.90. The molecule has 0 amide bonds. The van der Waals surface area contributed by atoms with Crippen LogP contribution in [0.4, 0.5) is 0 Å². The van der Waals surface area contributed by atoms with E-state index < -0.39 is 0 Å². The van der Waals surface area contributed by atoms with Crippen LogP contribution < -0.4 is 0 Å². The number of hydrogen-bond donors (Lipinski definition) is 1. The third-order valence-corrected chi connectivity index (χ3v) is 7.08. The molecule has 0 fully saturated rings. The predicted octanol–water partition coefficient (Wildman–Crippen LogP) is 8.19. The molecule has 39 heavy (non-hydrogen) atoms. The molecule has 6 aromatic rings. The van der Waals surface area contributed by atoms with Gasteiger partial charge in [-0.3, -0.25) is 4.98 Å². The van der Waals surface area contributed by atoms with Gasteiger partial charge in [-0.1, -0.05) is 79.4 Å². The first-order valence-corrected chi connectivity index (χ1v) is 12.7. The standard InChI is InChI=1S/C33H28N3O2.Pt/c1-19-13-14-35-29-24(19)7-6-8-25(29)21-15-22(18-34-17-21)26-11-9-20(2)31-30(26)36-32(38-31)27-16-23(33(3,4)5)10-12-28(27)37;/h6-14,16-18,37H,1-5H3;/q-1;. The Morgan fingerprint density at radius 2 is 1.56 bits per heavy atom. The summed E-state index contributed by atoms with van der Waals surface area (Å²) in [7, 11) is 0. The topological polar surface area (TPSA) is 72.0 Å². The second-order valence-corrected chi connectivity index (χ2v) is 10.8. The number of aryl methyl sites for hydroxylation is 2. The smallest absolute Gasteiger partial charge is 0.230 e. The van der Waals surface area contributed by atoms with Crippen LogP contribution in [0.1, 0.15) is 37.5 Å². The van der Waals surface area contributed by atoms with E-state index in [1.807, 2.05) is 55.7 Å². The number of nitrogens with zero attached hydrogens (tertiary/aromatic N) is 3. The van der Waals surface area contributed by atoms with Crippen molar-refractivity contribution in [1.82, 2.24) is 15.0 Å². The van der Waals surface area contributed by atoms with Crippen molar-refractivity contribution >= 4 is 22.0 Å². The van der Waals surface area contributed by atoms with E-state index in [2.05, 4.69) is 55.9 Å². The number of rotatable bonds is 3. The molecular formula is C33H28N3O2Pt-. The monoisotopic (exact) mass is 693 g/mol. The van der Waals surface area contributed by atoms with Gasteiger partial charge in [0.15, 0.2) is 5.58 Å². The number of aromatic hydroxyl groups is 1. The summed E-state index contributed by atoms with van der Waals surface area (Å²) in [5, 5.41) is 11.8. The zero-order valence-electron chi connectivity index (χ0n) is 22.4. The number of oxazole rings is 1. The van der Waals surface area contributed by atoms with Crippen molar-refractivity contribution in [3.8, 4) is 39.5 Å². The molecular weight excluding hydrogens is 665 g/mol. The Hall–Kier alpha value is -3.82. The van der Waals surface area contributed by atoms with Crippen LogP contribution in [-0.4, -0.2) is 20.1 Å². The van der Waals surface area contributed by atoms with Crippen molar-refractivity contribution in [3.63, 3.8) is 0 Å². The molecule has 198 valence electrons. The fraction of sp³-hybridized carbons (Fsp3) is 0.182. The Morgan fingerprint density at radius 3 is 2.31 bits per heavy atom. The summed E-state index contributed by atoms with van der Waals surface area (Å²) in [6.45, 7) is 10.5. The molecule has 3 aromatic carbocycles. The van der Waals surface area contributed by atoms with Gasteiger partial charge in [0.05, 0.1) is 11.1 Å². The molecule has 3 aromatic heterocycles. The van der Waals surface area contributed by atoms with Gasteiger partial charge in [-0.2, -0.15) is 0 Å². The van der Waals surface area contributed by atoms with Gasteiger partial charge in [0.1, 0.15) is 5.75 Å². The molecule has 0 saturated heterocycles. The molecule has 6 rings (SSSR count). The second-order valence-electron chi connectivity index (χ2n) is 10.8. The van der Waals surface area contributed by atoms with Crippen LogP contribution >= 0.6 is 0 Å². The molecule has 0 unspecified atom stereocenters. The van der Waals surface area contributed by atoms with Crippen LogP contribution in [0, 0.1) is 19.9 Å². The average Bonchev–Trinajstić information content (AvgIpc) is 3.35. The van der Waals surface area contributed by atoms with E-state index in [1.54, 1.807) is 12.3 Å². The molecule has 1 N–H and O–H groups in total. The van der Waals surface area contributed by atoms with Gasteiger partial charge in [-0.25, -0.2) is 4.98 Å². The molecule has 6 heteroatoms. The normalized spacial score (nSPS) is 11.6. The van der Waals surface area contributed by atoms with E-state index in [4.69, 9.17) is 9.40 Å². The van der Waals surface area contributed by atoms with Gasteiger partial charge in [-0.15, -0.1) is 6.07 Å². The van der Waals surface area contributed by atoms with Crippen LogP contribution in [0.2, 0.25) is 0 Å². The molecule has 0 bridgehead atoms. The molecule has 0 saturated carbocycles. The molecule has 0 atom stereocenters. The van der Waals surface area contributed by atoms with Gasteiger partial charge in [0.25, 0.3) is 0 Å². The minimum absolute atomic E-state index is 0. The van der Waals surface area contributed by atoms with Crippen molar-refractivity contribution in [2.45, 2.75) is 40.0 Å². The summed E-state index contributed by atoms with van der Waals surface area (Å²) in [6, 6.07) is 21.4. The molecule has 3 heterocycles. The number of aromatic nitrogens is 3. The SMILES string of the molecule is Cc1ccnc2c(-c3[c-]c(-c4ccc(C)c5oc(-c6cc(C(C)(C)C)ccc6O)nc45)cnc3)cccc12.[Pt]. The van der Waals surface area contributed by atoms with Crippen molar-refractivity contribution in [3.05, 3.63) is 95.9 Å². The Bertz CT molecular complexity index is 1850. The predicted molar refractivity (Wildman–Crippen MR) is 152 cm³/mol. The van der Waals surface area contributed by atoms with E-state index in [-0.39, 0.29) is 32.2 Å². The summed E-state index contributed by atoms with van der Waals surface area (Å²) < 4.78 is 6.27. The number of benzene rings is 3. The fourth-order valence-electron chi connectivity index (χ4n) is 4.84. The maximum atomic E-state index is 10.7. The van der Waals surface area contributed by atoms with Crippen LogP contribution in [0.25, 0.3) is 55.7 Å². The first kappa shape index (κ1) is 26.8. The van der Waals surface area contributed by atoms with Crippen LogP contribution in [-0.2, 0) is 26.5 Å². The number of para-hydroxylation sites is 1. The van der Waals surface area contributed by atoms with Gasteiger partial charge in [-0.05, 0) is 71.9 Å². The molecule has 0 aliphatic heterocycles. The van der Waals surface area contributed by atoms with Crippen molar-refractivity contribution in [1.29, 1.82) is 0 Å². The minimum Gasteiger partial charge on any atom is -0.507 e. The maximum Gasteiger partial charge on any atom is 0.230 e. The fourth-order valence-corrected chi connectivity index (χ4v) is 4.84. The van der Waals surface area contributed by atoms with Gasteiger partial charge >= 0.3 is 0 Å². The number of hydrogen-bond acceptors (Lipinski definition) is 5. The van der Waals surface area contributed by atoms with Crippen molar-refractivity contribution in [2.75, 3.05) is 0 Å². The molecule has 5 nitrogen and oxygen atoms in total. The van der Waals surface area contributed by atoms with E-state index in [1.165, 1.54) is 5.56 Å². The maximum absolute atomic E-state index is 10.7. The largest absolute Gasteiger partial charge is 0.507 e. The third kappa shape index (κ3) is 4.77. The molecule has 0 aliphatic rings. The molecule has 0 spiro atoms. The Morgan fingerprint density at radius 1 is 0.821 bits per heavy atom. The first-order valence-electron chi connectivity index (χ1n) is 12.7. The molecule has 0 aliphatic carbocycles. The van der Waals surface area contributed by atoms with E-state index >= 15 is 0 Å². The van der Waals surface area contributed by atoms with E-state index in [0.29, 0.717) is 22.6 Å². The zero-order valence-corrected chi connectivity index (χ0v) is 24.7. The number of phenols is 1. The van der Waals surface area contributed by atoms with Crippen molar-refractivity contribution in [2.24, 2.45) is 0 Å². The van der Waals surface area contributed by atoms with Crippen LogP contribution in [0.3, 0.4) is 0 Å². The number of phenolic OH excluding ortho intramolecular Hbond substituents is 1.